The molecular weight excluding hydrogens is 318 g/mol. The SMILES string of the molecule is CC(C)(C)OC(=O)[N+]1(c2nnco2)CCC(=Cc2ccccc2)CC1. The number of aromatic nitrogens is 2. The summed E-state index contributed by atoms with van der Waals surface area (Å²) in [6, 6.07) is 10.5. The monoisotopic (exact) mass is 342 g/mol. The second-order valence-corrected chi connectivity index (χ2v) is 7.33. The van der Waals surface area contributed by atoms with Crippen molar-refractivity contribution in [2.45, 2.75) is 39.2 Å². The van der Waals surface area contributed by atoms with Crippen molar-refractivity contribution in [3.8, 4) is 0 Å². The van der Waals surface area contributed by atoms with Gasteiger partial charge in [0.05, 0.1) is 0 Å². The molecule has 1 aliphatic heterocycles. The molecule has 1 aromatic carbocycles. The van der Waals surface area contributed by atoms with Gasteiger partial charge in [0.15, 0.2) is 0 Å². The minimum absolute atomic E-state index is 0.0522. The van der Waals surface area contributed by atoms with Crippen molar-refractivity contribution >= 4 is 18.2 Å². The van der Waals surface area contributed by atoms with Gasteiger partial charge in [-0.25, -0.2) is 0 Å². The fraction of sp³-hybridized carbons (Fsp3) is 0.421. The van der Waals surface area contributed by atoms with Gasteiger partial charge >= 0.3 is 12.1 Å². The van der Waals surface area contributed by atoms with Crippen molar-refractivity contribution in [2.75, 3.05) is 13.1 Å². The number of ether oxygens (including phenoxy) is 1. The Morgan fingerprint density at radius 1 is 1.20 bits per heavy atom. The van der Waals surface area contributed by atoms with Crippen LogP contribution in [-0.4, -0.2) is 35.0 Å². The molecule has 1 amide bonds. The average molecular weight is 342 g/mol. The van der Waals surface area contributed by atoms with Crippen LogP contribution >= 0.6 is 0 Å². The number of amides is 1. The van der Waals surface area contributed by atoms with Gasteiger partial charge in [0.1, 0.15) is 18.7 Å². The fourth-order valence-corrected chi connectivity index (χ4v) is 2.99. The van der Waals surface area contributed by atoms with Crippen molar-refractivity contribution in [3.63, 3.8) is 0 Å². The van der Waals surface area contributed by atoms with Crippen LogP contribution in [0, 0.1) is 0 Å². The van der Waals surface area contributed by atoms with Gasteiger partial charge in [-0.1, -0.05) is 47.1 Å². The summed E-state index contributed by atoms with van der Waals surface area (Å²) < 4.78 is 11.0. The lowest BCUT2D eigenvalue weighted by atomic mass is 9.99. The lowest BCUT2D eigenvalue weighted by molar-refractivity contribution is 0.0205. The number of carbonyl (C=O) groups is 1. The summed E-state index contributed by atoms with van der Waals surface area (Å²) in [5.41, 5.74) is 1.92. The highest BCUT2D eigenvalue weighted by Gasteiger charge is 2.49. The van der Waals surface area contributed by atoms with E-state index in [-0.39, 0.29) is 10.6 Å². The Morgan fingerprint density at radius 2 is 1.88 bits per heavy atom. The Morgan fingerprint density at radius 3 is 2.44 bits per heavy atom. The fourth-order valence-electron chi connectivity index (χ4n) is 2.99. The van der Waals surface area contributed by atoms with Gasteiger partial charge < -0.3 is 9.15 Å². The topological polar surface area (TPSA) is 65.2 Å². The summed E-state index contributed by atoms with van der Waals surface area (Å²) in [6.45, 7) is 6.69. The predicted octanol–water partition coefficient (Wildman–Crippen LogP) is 4.19. The summed E-state index contributed by atoms with van der Waals surface area (Å²) in [7, 11) is 0. The van der Waals surface area contributed by atoms with E-state index in [1.54, 1.807) is 0 Å². The Hall–Kier alpha value is -2.47. The lowest BCUT2D eigenvalue weighted by Crippen LogP contribution is -2.59. The first-order valence-corrected chi connectivity index (χ1v) is 8.51. The molecule has 3 rings (SSSR count). The molecule has 1 saturated heterocycles. The van der Waals surface area contributed by atoms with Crippen molar-refractivity contribution in [3.05, 3.63) is 47.9 Å². The van der Waals surface area contributed by atoms with E-state index in [9.17, 15) is 4.79 Å². The van der Waals surface area contributed by atoms with Crippen molar-refractivity contribution in [2.24, 2.45) is 0 Å². The van der Waals surface area contributed by atoms with E-state index in [4.69, 9.17) is 9.15 Å². The van der Waals surface area contributed by atoms with Crippen LogP contribution in [0.1, 0.15) is 39.2 Å². The molecule has 0 radical (unpaired) electrons. The zero-order chi connectivity index (χ0) is 17.9. The average Bonchev–Trinajstić information content (AvgIpc) is 3.10. The summed E-state index contributed by atoms with van der Waals surface area (Å²) in [5, 5.41) is 7.76. The summed E-state index contributed by atoms with van der Waals surface area (Å²) in [5.74, 6) is 0. The molecule has 1 aliphatic rings. The van der Waals surface area contributed by atoms with E-state index in [0.29, 0.717) is 19.1 Å². The minimum atomic E-state index is -0.567. The molecule has 1 aromatic heterocycles. The van der Waals surface area contributed by atoms with Crippen LogP contribution in [0.3, 0.4) is 0 Å². The second-order valence-electron chi connectivity index (χ2n) is 7.33. The number of hydrogen-bond donors (Lipinski definition) is 0. The van der Waals surface area contributed by atoms with E-state index in [2.05, 4.69) is 28.4 Å². The van der Waals surface area contributed by atoms with Crippen molar-refractivity contribution in [1.82, 2.24) is 14.7 Å². The third-order valence-electron chi connectivity index (χ3n) is 4.26. The molecule has 0 spiro atoms. The standard InChI is InChI=1S/C19H24N3O3/c1-19(2,3)25-18(23)22(17-21-20-14-24-17)11-9-16(10-12-22)13-15-7-5-4-6-8-15/h4-8,13-14H,9-12H2,1-3H3/q+1. The molecule has 0 aliphatic carbocycles. The normalized spacial score (nSPS) is 21.0. The molecule has 0 atom stereocenters. The summed E-state index contributed by atoms with van der Waals surface area (Å²) in [6.07, 6.45) is 4.66. The van der Waals surface area contributed by atoms with Gasteiger partial charge in [-0.2, -0.15) is 4.79 Å². The van der Waals surface area contributed by atoms with E-state index in [1.807, 2.05) is 39.0 Å². The zero-order valence-corrected chi connectivity index (χ0v) is 14.9. The Kier molecular flexibility index (Phi) is 4.72. The Balaban J connectivity index is 1.82. The first kappa shape index (κ1) is 17.4. The van der Waals surface area contributed by atoms with Crippen LogP contribution in [0.5, 0.6) is 0 Å². The van der Waals surface area contributed by atoms with Crippen LogP contribution in [-0.2, 0) is 4.74 Å². The number of rotatable bonds is 2. The van der Waals surface area contributed by atoms with Gasteiger partial charge in [-0.15, -0.1) is 9.58 Å². The molecule has 1 fully saturated rings. The molecule has 0 saturated carbocycles. The van der Waals surface area contributed by atoms with Crippen LogP contribution < -0.4 is 4.48 Å². The van der Waals surface area contributed by atoms with Crippen LogP contribution in [0.4, 0.5) is 10.8 Å². The molecule has 0 N–H and O–H groups in total. The molecule has 2 heterocycles. The molecule has 6 heteroatoms. The zero-order valence-electron chi connectivity index (χ0n) is 14.9. The number of carbonyl (C=O) groups excluding carboxylic acids is 1. The van der Waals surface area contributed by atoms with Gasteiger partial charge in [0.2, 0.25) is 6.39 Å². The third-order valence-corrected chi connectivity index (χ3v) is 4.26. The van der Waals surface area contributed by atoms with Crippen molar-refractivity contribution < 1.29 is 13.9 Å². The van der Waals surface area contributed by atoms with Crippen LogP contribution in [0.15, 0.2) is 46.7 Å². The number of nitrogens with zero attached hydrogens (tertiary/aromatic N) is 3. The first-order chi connectivity index (χ1) is 11.9. The molecule has 25 heavy (non-hydrogen) atoms. The van der Waals surface area contributed by atoms with Crippen LogP contribution in [0.25, 0.3) is 6.08 Å². The highest BCUT2D eigenvalue weighted by atomic mass is 16.6. The summed E-state index contributed by atoms with van der Waals surface area (Å²) in [4.78, 5) is 12.9. The smallest absolute Gasteiger partial charge is 0.414 e. The Bertz CT molecular complexity index is 736. The highest BCUT2D eigenvalue weighted by molar-refractivity contribution is 5.80. The van der Waals surface area contributed by atoms with Gasteiger partial charge in [0.25, 0.3) is 0 Å². The number of benzene rings is 1. The maximum absolute atomic E-state index is 12.9. The van der Waals surface area contributed by atoms with Gasteiger partial charge in [-0.05, 0) is 26.3 Å². The lowest BCUT2D eigenvalue weighted by Gasteiger charge is -2.35. The predicted molar refractivity (Wildman–Crippen MR) is 95.7 cm³/mol. The van der Waals surface area contributed by atoms with Crippen LogP contribution in [0.2, 0.25) is 0 Å². The van der Waals surface area contributed by atoms with E-state index in [0.717, 1.165) is 12.8 Å². The number of piperidine rings is 1. The maximum atomic E-state index is 12.9. The molecule has 2 aromatic rings. The third kappa shape index (κ3) is 3.96. The number of hydrogen-bond acceptors (Lipinski definition) is 5. The molecule has 0 bridgehead atoms. The highest BCUT2D eigenvalue weighted by Crippen LogP contribution is 2.32. The molecule has 0 unspecified atom stereocenters. The quantitative estimate of drug-likeness (QED) is 0.766. The van der Waals surface area contributed by atoms with Gasteiger partial charge in [-0.3, -0.25) is 0 Å². The number of quaternary nitrogens is 1. The maximum Gasteiger partial charge on any atom is 0.525 e. The Labute approximate surface area is 147 Å². The molecule has 132 valence electrons. The van der Waals surface area contributed by atoms with E-state index >= 15 is 0 Å². The first-order valence-electron chi connectivity index (χ1n) is 8.51. The molecule has 6 nitrogen and oxygen atoms in total. The van der Waals surface area contributed by atoms with Crippen molar-refractivity contribution in [1.29, 1.82) is 0 Å². The number of likely N-dealkylation sites (tertiary alicyclic amines) is 1. The van der Waals surface area contributed by atoms with E-state index < -0.39 is 5.60 Å². The summed E-state index contributed by atoms with van der Waals surface area (Å²) >= 11 is 0. The largest absolute Gasteiger partial charge is 0.525 e. The van der Waals surface area contributed by atoms with Gasteiger partial charge in [0, 0.05) is 12.8 Å². The second kappa shape index (κ2) is 6.80. The minimum Gasteiger partial charge on any atom is -0.414 e. The molecular formula is C19H24N3O3+. The van der Waals surface area contributed by atoms with E-state index in [1.165, 1.54) is 17.5 Å².